The Morgan fingerprint density at radius 2 is 2.11 bits per heavy atom. The van der Waals surface area contributed by atoms with Crippen molar-refractivity contribution in [1.82, 2.24) is 19.6 Å². The third-order valence-corrected chi connectivity index (χ3v) is 4.88. The molecule has 2 N–H and O–H groups in total. The lowest BCUT2D eigenvalue weighted by Crippen LogP contribution is -2.28. The first-order valence-corrected chi connectivity index (χ1v) is 9.32. The van der Waals surface area contributed by atoms with Gasteiger partial charge in [-0.3, -0.25) is 14.6 Å². The Morgan fingerprint density at radius 3 is 2.81 bits per heavy atom. The second-order valence-electron chi connectivity index (χ2n) is 6.80. The van der Waals surface area contributed by atoms with E-state index in [-0.39, 0.29) is 11.8 Å². The fourth-order valence-corrected chi connectivity index (χ4v) is 3.35. The predicted molar refractivity (Wildman–Crippen MR) is 106 cm³/mol. The van der Waals surface area contributed by atoms with Crippen molar-refractivity contribution in [2.75, 3.05) is 20.2 Å². The number of para-hydroxylation sites is 1. The molecule has 0 bridgehead atoms. The molecule has 0 saturated carbocycles. The maximum absolute atomic E-state index is 11.4. The van der Waals surface area contributed by atoms with E-state index in [9.17, 15) is 4.79 Å². The molecular formula is C20H27N5O2. The zero-order valence-corrected chi connectivity index (χ0v) is 16.2. The molecule has 3 aromatic rings. The van der Waals surface area contributed by atoms with E-state index in [4.69, 9.17) is 15.6 Å². The van der Waals surface area contributed by atoms with Crippen molar-refractivity contribution < 1.29 is 9.63 Å². The van der Waals surface area contributed by atoms with E-state index in [0.717, 1.165) is 47.0 Å². The van der Waals surface area contributed by atoms with Gasteiger partial charge >= 0.3 is 0 Å². The average molecular weight is 369 g/mol. The molecule has 0 aliphatic rings. The van der Waals surface area contributed by atoms with Crippen molar-refractivity contribution in [2.45, 2.75) is 39.2 Å². The lowest BCUT2D eigenvalue weighted by atomic mass is 10.0. The Bertz CT molecular complexity index is 937. The van der Waals surface area contributed by atoms with Gasteiger partial charge in [-0.2, -0.15) is 0 Å². The van der Waals surface area contributed by atoms with Gasteiger partial charge in [-0.15, -0.1) is 0 Å². The van der Waals surface area contributed by atoms with Gasteiger partial charge < -0.3 is 10.3 Å². The van der Waals surface area contributed by atoms with Crippen molar-refractivity contribution in [3.8, 4) is 0 Å². The average Bonchev–Trinajstić information content (AvgIpc) is 3.10. The molecule has 0 fully saturated rings. The highest BCUT2D eigenvalue weighted by atomic mass is 16.7. The molecule has 0 saturated heterocycles. The van der Waals surface area contributed by atoms with Crippen LogP contribution in [0.15, 0.2) is 30.6 Å². The van der Waals surface area contributed by atoms with Crippen LogP contribution >= 0.6 is 0 Å². The van der Waals surface area contributed by atoms with Gasteiger partial charge in [0.05, 0.1) is 30.2 Å². The number of nitrogens with two attached hydrogens (primary N) is 1. The first-order chi connectivity index (χ1) is 13.1. The number of amides is 1. The van der Waals surface area contributed by atoms with E-state index in [0.29, 0.717) is 13.1 Å². The lowest BCUT2D eigenvalue weighted by Gasteiger charge is -2.17. The Hall–Kier alpha value is -2.51. The number of benzene rings is 1. The second-order valence-corrected chi connectivity index (χ2v) is 6.80. The maximum Gasteiger partial charge on any atom is 0.242 e. The topological polar surface area (TPSA) is 86.3 Å². The Balaban J connectivity index is 1.88. The molecule has 144 valence electrons. The first-order valence-electron chi connectivity index (χ1n) is 9.32. The van der Waals surface area contributed by atoms with Crippen molar-refractivity contribution >= 4 is 27.8 Å². The number of aromatic nitrogens is 3. The minimum Gasteiger partial charge on any atom is -0.330 e. The Morgan fingerprint density at radius 1 is 1.33 bits per heavy atom. The van der Waals surface area contributed by atoms with Crippen LogP contribution in [-0.2, 0) is 16.2 Å². The van der Waals surface area contributed by atoms with Gasteiger partial charge in [-0.25, -0.2) is 10.0 Å². The summed E-state index contributed by atoms with van der Waals surface area (Å²) in [5.41, 5.74) is 9.83. The molecule has 1 aromatic carbocycles. The van der Waals surface area contributed by atoms with Gasteiger partial charge in [0.25, 0.3) is 0 Å². The van der Waals surface area contributed by atoms with E-state index in [1.54, 1.807) is 0 Å². The summed E-state index contributed by atoms with van der Waals surface area (Å²) in [6.45, 7) is 5.51. The number of carbonyl (C=O) groups excluding carboxylic acids is 1. The summed E-state index contributed by atoms with van der Waals surface area (Å²) in [5, 5.41) is 2.48. The zero-order valence-electron chi connectivity index (χ0n) is 16.2. The van der Waals surface area contributed by atoms with Crippen molar-refractivity contribution in [2.24, 2.45) is 5.73 Å². The molecule has 0 radical (unpaired) electrons. The normalized spacial score (nSPS) is 12.6. The van der Waals surface area contributed by atoms with Crippen molar-refractivity contribution in [3.63, 3.8) is 0 Å². The smallest absolute Gasteiger partial charge is 0.242 e. The standard InChI is InChI=1S/C20H27N5O2/c1-14(12-21)18-19-20(16-8-4-5-9-17(16)23-18)24(13-22-19)10-6-7-11-25(27-3)15(2)26/h4-5,8-9,13-14H,6-7,10-12,21H2,1-3H3. The maximum atomic E-state index is 11.4. The van der Waals surface area contributed by atoms with Gasteiger partial charge in [-0.05, 0) is 18.9 Å². The summed E-state index contributed by atoms with van der Waals surface area (Å²) in [4.78, 5) is 26.0. The van der Waals surface area contributed by atoms with Crippen molar-refractivity contribution in [3.05, 3.63) is 36.3 Å². The molecule has 1 amide bonds. The molecule has 7 heteroatoms. The highest BCUT2D eigenvalue weighted by molar-refractivity contribution is 6.03. The fraction of sp³-hybridized carbons (Fsp3) is 0.450. The summed E-state index contributed by atoms with van der Waals surface area (Å²) >= 11 is 0. The molecule has 0 spiro atoms. The number of hydrogen-bond acceptors (Lipinski definition) is 5. The molecule has 7 nitrogen and oxygen atoms in total. The third kappa shape index (κ3) is 3.94. The highest BCUT2D eigenvalue weighted by Gasteiger charge is 2.17. The van der Waals surface area contributed by atoms with Crippen LogP contribution in [0, 0.1) is 0 Å². The van der Waals surface area contributed by atoms with Crippen molar-refractivity contribution in [1.29, 1.82) is 0 Å². The van der Waals surface area contributed by atoms with E-state index in [2.05, 4.69) is 22.5 Å². The number of carbonyl (C=O) groups is 1. The van der Waals surface area contributed by atoms with Crippen LogP contribution < -0.4 is 5.73 Å². The number of hydroxylamine groups is 2. The molecule has 2 heterocycles. The van der Waals surface area contributed by atoms with Gasteiger partial charge in [-0.1, -0.05) is 25.1 Å². The number of pyridine rings is 1. The summed E-state index contributed by atoms with van der Waals surface area (Å²) < 4.78 is 2.18. The number of hydrogen-bond donors (Lipinski definition) is 1. The summed E-state index contributed by atoms with van der Waals surface area (Å²) in [5.74, 6) is 0.0642. The minimum atomic E-state index is -0.0805. The van der Waals surface area contributed by atoms with E-state index in [1.807, 2.05) is 24.5 Å². The number of nitrogens with zero attached hydrogens (tertiary/aromatic N) is 4. The summed E-state index contributed by atoms with van der Waals surface area (Å²) in [6, 6.07) is 8.14. The monoisotopic (exact) mass is 369 g/mol. The Kier molecular flexibility index (Phi) is 6.03. The number of rotatable bonds is 8. The molecule has 0 aliphatic carbocycles. The van der Waals surface area contributed by atoms with Gasteiger partial charge in [0.15, 0.2) is 0 Å². The quantitative estimate of drug-likeness (QED) is 0.487. The fourth-order valence-electron chi connectivity index (χ4n) is 3.35. The third-order valence-electron chi connectivity index (χ3n) is 4.88. The molecule has 2 aromatic heterocycles. The number of fused-ring (bicyclic) bond motifs is 3. The van der Waals surface area contributed by atoms with Crippen LogP contribution in [0.2, 0.25) is 0 Å². The van der Waals surface area contributed by atoms with Gasteiger partial charge in [0.2, 0.25) is 5.91 Å². The Labute approximate surface area is 159 Å². The number of unbranched alkanes of at least 4 members (excludes halogenated alkanes) is 1. The molecule has 1 atom stereocenters. The largest absolute Gasteiger partial charge is 0.330 e. The zero-order chi connectivity index (χ0) is 19.4. The van der Waals surface area contributed by atoms with Crippen LogP contribution in [0.4, 0.5) is 0 Å². The molecular weight excluding hydrogens is 342 g/mol. The number of aryl methyl sites for hydroxylation is 1. The van der Waals surface area contributed by atoms with Crippen LogP contribution in [0.25, 0.3) is 21.9 Å². The van der Waals surface area contributed by atoms with Gasteiger partial charge in [0, 0.05) is 37.9 Å². The van der Waals surface area contributed by atoms with E-state index < -0.39 is 0 Å². The van der Waals surface area contributed by atoms with Crippen LogP contribution in [0.5, 0.6) is 0 Å². The minimum absolute atomic E-state index is 0.0805. The predicted octanol–water partition coefficient (Wildman–Crippen LogP) is 2.84. The van der Waals surface area contributed by atoms with Crippen LogP contribution in [-0.4, -0.2) is 45.7 Å². The molecule has 3 rings (SSSR count). The number of imidazole rings is 1. The van der Waals surface area contributed by atoms with E-state index in [1.165, 1.54) is 19.1 Å². The molecule has 27 heavy (non-hydrogen) atoms. The lowest BCUT2D eigenvalue weighted by molar-refractivity contribution is -0.173. The van der Waals surface area contributed by atoms with Crippen LogP contribution in [0.1, 0.15) is 38.3 Å². The SMILES string of the molecule is CON(CCCCn1cnc2c(C(C)CN)nc3ccccc3c21)C(C)=O. The molecule has 0 aliphatic heterocycles. The van der Waals surface area contributed by atoms with E-state index >= 15 is 0 Å². The summed E-state index contributed by atoms with van der Waals surface area (Å²) in [6.07, 6.45) is 3.64. The van der Waals surface area contributed by atoms with Gasteiger partial charge in [0.1, 0.15) is 5.52 Å². The highest BCUT2D eigenvalue weighted by Crippen LogP contribution is 2.29. The second kappa shape index (κ2) is 8.45. The van der Waals surface area contributed by atoms with Crippen LogP contribution in [0.3, 0.4) is 0 Å². The first kappa shape index (κ1) is 19.3. The molecule has 1 unspecified atom stereocenters. The summed E-state index contributed by atoms with van der Waals surface area (Å²) in [7, 11) is 1.52.